The molecule has 1 aromatic carbocycles. The summed E-state index contributed by atoms with van der Waals surface area (Å²) >= 11 is 0. The third-order valence-electron chi connectivity index (χ3n) is 3.71. The lowest BCUT2D eigenvalue weighted by Gasteiger charge is -2.25. The van der Waals surface area contributed by atoms with Crippen molar-refractivity contribution >= 4 is 11.9 Å². The van der Waals surface area contributed by atoms with Crippen molar-refractivity contribution in [3.05, 3.63) is 53.3 Å². The highest BCUT2D eigenvalue weighted by atomic mass is 16.5. The summed E-state index contributed by atoms with van der Waals surface area (Å²) < 4.78 is 7.35. The second-order valence-electron chi connectivity index (χ2n) is 5.22. The zero-order valence-corrected chi connectivity index (χ0v) is 12.2. The third kappa shape index (κ3) is 2.43. The molecule has 6 heteroatoms. The Labute approximate surface area is 127 Å². The predicted octanol–water partition coefficient (Wildman–Crippen LogP) is 1.85. The number of ether oxygens (including phenoxy) is 1. The van der Waals surface area contributed by atoms with Crippen LogP contribution in [0.1, 0.15) is 26.4 Å². The van der Waals surface area contributed by atoms with Gasteiger partial charge < -0.3 is 19.3 Å². The minimum atomic E-state index is -1.10. The van der Waals surface area contributed by atoms with Crippen molar-refractivity contribution in [1.82, 2.24) is 9.47 Å². The van der Waals surface area contributed by atoms with Gasteiger partial charge in [-0.15, -0.1) is 0 Å². The zero-order valence-electron chi connectivity index (χ0n) is 12.2. The van der Waals surface area contributed by atoms with Crippen LogP contribution in [0.15, 0.2) is 36.5 Å². The van der Waals surface area contributed by atoms with E-state index in [0.717, 1.165) is 5.56 Å². The number of rotatable bonds is 4. The molecular weight excluding hydrogens is 284 g/mol. The quantitative estimate of drug-likeness (QED) is 0.935. The molecule has 114 valence electrons. The molecule has 0 saturated carbocycles. The number of nitrogens with zero attached hydrogens (tertiary/aromatic N) is 2. The summed E-state index contributed by atoms with van der Waals surface area (Å²) in [4.78, 5) is 25.3. The van der Waals surface area contributed by atoms with Gasteiger partial charge in [-0.05, 0) is 5.56 Å². The number of benzene rings is 1. The molecule has 3 rings (SSSR count). The Hall–Kier alpha value is -2.76. The summed E-state index contributed by atoms with van der Waals surface area (Å²) in [5.74, 6) is -1.17. The molecule has 2 aromatic rings. The summed E-state index contributed by atoms with van der Waals surface area (Å²) in [6, 6.07) is 9.43. The number of carbonyl (C=O) groups excluding carboxylic acids is 1. The van der Waals surface area contributed by atoms with Gasteiger partial charge in [0.05, 0.1) is 0 Å². The Morgan fingerprint density at radius 3 is 2.68 bits per heavy atom. The van der Waals surface area contributed by atoms with Gasteiger partial charge in [0.15, 0.2) is 11.4 Å². The number of carboxylic acids is 1. The highest BCUT2D eigenvalue weighted by molar-refractivity contribution is 6.01. The van der Waals surface area contributed by atoms with Crippen molar-refractivity contribution in [3.63, 3.8) is 0 Å². The molecule has 22 heavy (non-hydrogen) atoms. The van der Waals surface area contributed by atoms with Crippen molar-refractivity contribution in [2.75, 3.05) is 13.6 Å². The fourth-order valence-electron chi connectivity index (χ4n) is 2.50. The molecule has 0 aliphatic carbocycles. The molecule has 1 N–H and O–H groups in total. The van der Waals surface area contributed by atoms with E-state index in [-0.39, 0.29) is 23.8 Å². The molecule has 1 aliphatic rings. The van der Waals surface area contributed by atoms with E-state index in [1.807, 2.05) is 30.3 Å². The maximum absolute atomic E-state index is 12.3. The molecule has 1 amide bonds. The molecular formula is C16H16N2O4. The molecule has 1 aliphatic heterocycles. The standard InChI is InChI=1S/C16H16N2O4/c1-17-7-8-18-9-12(16(20)21)14(13(18)15(17)19)22-10-11-5-3-2-4-6-11/h2-6,9H,7-8,10H2,1H3,(H,20,21). The summed E-state index contributed by atoms with van der Waals surface area (Å²) in [6.45, 7) is 1.33. The van der Waals surface area contributed by atoms with Crippen LogP contribution in [0.4, 0.5) is 0 Å². The van der Waals surface area contributed by atoms with E-state index in [9.17, 15) is 14.7 Å². The van der Waals surface area contributed by atoms with Gasteiger partial charge in [0, 0.05) is 26.3 Å². The summed E-state index contributed by atoms with van der Waals surface area (Å²) in [5, 5.41) is 9.35. The largest absolute Gasteiger partial charge is 0.486 e. The molecule has 0 fully saturated rings. The van der Waals surface area contributed by atoms with Crippen molar-refractivity contribution in [2.45, 2.75) is 13.2 Å². The van der Waals surface area contributed by atoms with Gasteiger partial charge in [-0.2, -0.15) is 0 Å². The van der Waals surface area contributed by atoms with Crippen molar-refractivity contribution in [1.29, 1.82) is 0 Å². The van der Waals surface area contributed by atoms with E-state index in [0.29, 0.717) is 18.8 Å². The fourth-order valence-corrected chi connectivity index (χ4v) is 2.50. The highest BCUT2D eigenvalue weighted by Gasteiger charge is 2.31. The topological polar surface area (TPSA) is 71.8 Å². The first-order chi connectivity index (χ1) is 10.6. The number of aromatic nitrogens is 1. The van der Waals surface area contributed by atoms with E-state index in [4.69, 9.17) is 4.74 Å². The third-order valence-corrected chi connectivity index (χ3v) is 3.71. The first-order valence-corrected chi connectivity index (χ1v) is 6.96. The van der Waals surface area contributed by atoms with E-state index in [2.05, 4.69) is 0 Å². The number of carbonyl (C=O) groups is 2. The first-order valence-electron chi connectivity index (χ1n) is 6.96. The van der Waals surface area contributed by atoms with Crippen LogP contribution in [0.3, 0.4) is 0 Å². The minimum absolute atomic E-state index is 0.0228. The van der Waals surface area contributed by atoms with E-state index in [1.165, 1.54) is 6.20 Å². The van der Waals surface area contributed by atoms with Crippen LogP contribution in [-0.4, -0.2) is 40.0 Å². The predicted molar refractivity (Wildman–Crippen MR) is 79.1 cm³/mol. The minimum Gasteiger partial charge on any atom is -0.486 e. The van der Waals surface area contributed by atoms with Gasteiger partial charge in [-0.1, -0.05) is 30.3 Å². The Morgan fingerprint density at radius 1 is 1.27 bits per heavy atom. The molecule has 6 nitrogen and oxygen atoms in total. The first kappa shape index (κ1) is 14.2. The number of fused-ring (bicyclic) bond motifs is 1. The fraction of sp³-hybridized carbons (Fsp3) is 0.250. The molecule has 0 unspecified atom stereocenters. The van der Waals surface area contributed by atoms with Gasteiger partial charge in [0.25, 0.3) is 5.91 Å². The number of hydrogen-bond donors (Lipinski definition) is 1. The molecule has 1 aromatic heterocycles. The summed E-state index contributed by atoms with van der Waals surface area (Å²) in [7, 11) is 1.69. The highest BCUT2D eigenvalue weighted by Crippen LogP contribution is 2.30. The molecule has 0 radical (unpaired) electrons. The van der Waals surface area contributed by atoms with Gasteiger partial charge >= 0.3 is 5.97 Å². The maximum atomic E-state index is 12.3. The Balaban J connectivity index is 1.96. The van der Waals surface area contributed by atoms with Crippen LogP contribution in [0, 0.1) is 0 Å². The van der Waals surface area contributed by atoms with Gasteiger partial charge in [0.1, 0.15) is 12.2 Å². The van der Waals surface area contributed by atoms with E-state index >= 15 is 0 Å². The van der Waals surface area contributed by atoms with E-state index < -0.39 is 5.97 Å². The Kier molecular flexibility index (Phi) is 3.58. The summed E-state index contributed by atoms with van der Waals surface area (Å²) in [5.41, 5.74) is 1.24. The van der Waals surface area contributed by atoms with Crippen LogP contribution < -0.4 is 4.74 Å². The Morgan fingerprint density at radius 2 is 2.00 bits per heavy atom. The monoisotopic (exact) mass is 300 g/mol. The van der Waals surface area contributed by atoms with Crippen LogP contribution in [0.5, 0.6) is 5.75 Å². The van der Waals surface area contributed by atoms with Crippen molar-refractivity contribution in [2.24, 2.45) is 0 Å². The second-order valence-corrected chi connectivity index (χ2v) is 5.22. The average Bonchev–Trinajstić information content (AvgIpc) is 2.89. The smallest absolute Gasteiger partial charge is 0.341 e. The molecule has 0 bridgehead atoms. The van der Waals surface area contributed by atoms with E-state index in [1.54, 1.807) is 16.5 Å². The number of likely N-dealkylation sites (N-methyl/N-ethyl adjacent to an activating group) is 1. The lowest BCUT2D eigenvalue weighted by Crippen LogP contribution is -2.37. The number of aromatic carboxylic acids is 1. The van der Waals surface area contributed by atoms with Crippen LogP contribution >= 0.6 is 0 Å². The van der Waals surface area contributed by atoms with Crippen molar-refractivity contribution < 1.29 is 19.4 Å². The van der Waals surface area contributed by atoms with Crippen LogP contribution in [0.25, 0.3) is 0 Å². The average molecular weight is 300 g/mol. The zero-order chi connectivity index (χ0) is 15.7. The lowest BCUT2D eigenvalue weighted by atomic mass is 10.2. The number of hydrogen-bond acceptors (Lipinski definition) is 3. The van der Waals surface area contributed by atoms with Crippen LogP contribution in [-0.2, 0) is 13.2 Å². The van der Waals surface area contributed by atoms with Gasteiger partial charge in [-0.3, -0.25) is 4.79 Å². The molecule has 0 spiro atoms. The molecule has 2 heterocycles. The SMILES string of the molecule is CN1CCn2cc(C(=O)O)c(OCc3ccccc3)c2C1=O. The lowest BCUT2D eigenvalue weighted by molar-refractivity contribution is 0.0692. The molecule has 0 saturated heterocycles. The number of amides is 1. The Bertz CT molecular complexity index is 721. The summed E-state index contributed by atoms with van der Waals surface area (Å²) in [6.07, 6.45) is 1.48. The van der Waals surface area contributed by atoms with Gasteiger partial charge in [-0.25, -0.2) is 4.79 Å². The second kappa shape index (κ2) is 5.55. The normalized spacial score (nSPS) is 13.9. The molecule has 0 atom stereocenters. The van der Waals surface area contributed by atoms with Crippen LogP contribution in [0.2, 0.25) is 0 Å². The maximum Gasteiger partial charge on any atom is 0.341 e. The van der Waals surface area contributed by atoms with Crippen molar-refractivity contribution in [3.8, 4) is 5.75 Å². The number of carboxylic acid groups (broad SMARTS) is 1. The van der Waals surface area contributed by atoms with Gasteiger partial charge in [0.2, 0.25) is 0 Å².